The molecule has 244 valence electrons. The van der Waals surface area contributed by atoms with Crippen LogP contribution in [0.2, 0.25) is 0 Å². The number of nitrogens with one attached hydrogen (secondary N) is 2. The van der Waals surface area contributed by atoms with E-state index in [1.165, 1.54) is 5.56 Å². The summed E-state index contributed by atoms with van der Waals surface area (Å²) in [5, 5.41) is 5.78. The quantitative estimate of drug-likeness (QED) is 0.166. The minimum atomic E-state index is -2.76. The lowest BCUT2D eigenvalue weighted by atomic mass is 9.87. The van der Waals surface area contributed by atoms with Crippen LogP contribution in [0.4, 0.5) is 25.2 Å². The molecule has 0 aliphatic carbocycles. The van der Waals surface area contributed by atoms with E-state index < -0.39 is 23.4 Å². The maximum atomic E-state index is 13.5. The molecule has 2 N–H and O–H groups in total. The third-order valence-corrected chi connectivity index (χ3v) is 9.46. The number of aromatic nitrogens is 3. The molecule has 6 rings (SSSR count). The van der Waals surface area contributed by atoms with Crippen molar-refractivity contribution in [3.05, 3.63) is 99.5 Å². The molecule has 2 amide bonds. The van der Waals surface area contributed by atoms with E-state index in [9.17, 15) is 18.4 Å². The van der Waals surface area contributed by atoms with Gasteiger partial charge in [0.1, 0.15) is 11.5 Å². The Balaban J connectivity index is 1.34. The Hall–Kier alpha value is -4.84. The fourth-order valence-electron chi connectivity index (χ4n) is 5.47. The van der Waals surface area contributed by atoms with E-state index in [0.717, 1.165) is 47.2 Å². The number of alkyl halides is 2. The zero-order valence-electron chi connectivity index (χ0n) is 26.6. The molecule has 3 heterocycles. The normalized spacial score (nSPS) is 13.3. The fourth-order valence-corrected chi connectivity index (χ4v) is 6.14. The Kier molecular flexibility index (Phi) is 8.96. The van der Waals surface area contributed by atoms with Crippen LogP contribution < -0.4 is 10.6 Å². The van der Waals surface area contributed by atoms with Crippen molar-refractivity contribution in [3.8, 4) is 5.69 Å². The topological polar surface area (TPSA) is 101 Å². The summed E-state index contributed by atoms with van der Waals surface area (Å²) in [6, 6.07) is 21.1. The number of imidazole rings is 1. The maximum Gasteiger partial charge on any atom is 0.410 e. The van der Waals surface area contributed by atoms with Gasteiger partial charge in [0.25, 0.3) is 12.3 Å². The number of ether oxygens (including phenoxy) is 1. The molecular formula is C35H36F2N6O3S. The van der Waals surface area contributed by atoms with Gasteiger partial charge in [-0.05, 0) is 59.7 Å². The number of hydrogen-bond donors (Lipinski definition) is 2. The van der Waals surface area contributed by atoms with E-state index >= 15 is 0 Å². The number of benzene rings is 3. The maximum absolute atomic E-state index is 13.5. The van der Waals surface area contributed by atoms with Crippen LogP contribution in [-0.2, 0) is 24.3 Å². The van der Waals surface area contributed by atoms with Crippen LogP contribution in [0.25, 0.3) is 16.7 Å². The van der Waals surface area contributed by atoms with E-state index in [1.807, 2.05) is 78.2 Å². The molecule has 3 aromatic carbocycles. The van der Waals surface area contributed by atoms with Crippen LogP contribution in [0.15, 0.2) is 72.9 Å². The van der Waals surface area contributed by atoms with E-state index in [0.29, 0.717) is 16.9 Å². The van der Waals surface area contributed by atoms with E-state index in [-0.39, 0.29) is 35.4 Å². The van der Waals surface area contributed by atoms with Gasteiger partial charge in [-0.15, -0.1) is 11.3 Å². The Morgan fingerprint density at radius 1 is 1.09 bits per heavy atom. The number of nitrogens with zero attached hydrogens (tertiary/aromatic N) is 4. The largest absolute Gasteiger partial charge is 0.445 e. The first-order valence-electron chi connectivity index (χ1n) is 15.4. The number of carbonyl (C=O) groups excluding carboxylic acids is 2. The summed E-state index contributed by atoms with van der Waals surface area (Å²) >= 11 is 0.643. The molecular weight excluding hydrogens is 622 g/mol. The first-order valence-corrected chi connectivity index (χ1v) is 16.2. The summed E-state index contributed by atoms with van der Waals surface area (Å²) in [6.07, 6.45) is -1.12. The Morgan fingerprint density at radius 2 is 1.87 bits per heavy atom. The molecule has 1 atom stereocenters. The number of fused-ring (bicyclic) bond motifs is 2. The lowest BCUT2D eigenvalue weighted by Crippen LogP contribution is -2.45. The molecule has 47 heavy (non-hydrogen) atoms. The summed E-state index contributed by atoms with van der Waals surface area (Å²) in [5.41, 5.74) is 5.78. The van der Waals surface area contributed by atoms with Gasteiger partial charge in [0.05, 0.1) is 22.9 Å². The molecule has 0 bridgehead atoms. The number of anilines is 2. The van der Waals surface area contributed by atoms with Crippen LogP contribution in [0.5, 0.6) is 0 Å². The lowest BCUT2D eigenvalue weighted by Gasteiger charge is -2.37. The molecule has 9 nitrogen and oxygen atoms in total. The fraction of sp³-hybridized carbons (Fsp3) is 0.314. The number of rotatable bonds is 9. The predicted octanol–water partition coefficient (Wildman–Crippen LogP) is 8.21. The van der Waals surface area contributed by atoms with Crippen LogP contribution in [0, 0.1) is 5.41 Å². The summed E-state index contributed by atoms with van der Waals surface area (Å²) in [4.78, 5) is 36.9. The minimum absolute atomic E-state index is 0.0519. The molecule has 5 aromatic rings. The van der Waals surface area contributed by atoms with Crippen molar-refractivity contribution >= 4 is 46.0 Å². The van der Waals surface area contributed by atoms with Gasteiger partial charge in [-0.3, -0.25) is 14.7 Å². The SMILES string of the molecule is C[C@H](N(Cc1ccc2c(c1)nc(NC(=O)c1cnc(C(F)F)s1)n2-c1ccc2c(c1)NCC2)C(=O)OCc1ccccc1)C(C)(C)C. The van der Waals surface area contributed by atoms with Crippen molar-refractivity contribution in [2.24, 2.45) is 5.41 Å². The van der Waals surface area contributed by atoms with Gasteiger partial charge < -0.3 is 15.0 Å². The molecule has 1 aliphatic rings. The summed E-state index contributed by atoms with van der Waals surface area (Å²) in [7, 11) is 0. The standard InChI is InChI=1S/C35H36F2N6O3S/c1-21(35(2,3)4)42(34(45)46-20-22-8-6-5-7-9-22)19-23-10-13-28-27(16-23)40-33(41-31(44)29-18-39-32(47-29)30(36)37)43(28)25-12-11-24-14-15-38-26(24)17-25/h5-13,16-18,21,30,38H,14-15,19-20H2,1-4H3,(H,40,41,44)/t21-/m0/s1. The van der Waals surface area contributed by atoms with Crippen molar-refractivity contribution in [2.75, 3.05) is 17.2 Å². The molecule has 0 radical (unpaired) electrons. The highest BCUT2D eigenvalue weighted by molar-refractivity contribution is 7.13. The molecule has 0 saturated carbocycles. The average molecular weight is 659 g/mol. The zero-order chi connectivity index (χ0) is 33.3. The van der Waals surface area contributed by atoms with Crippen molar-refractivity contribution in [1.29, 1.82) is 0 Å². The molecule has 0 fully saturated rings. The van der Waals surface area contributed by atoms with Crippen LogP contribution in [-0.4, -0.2) is 44.0 Å². The van der Waals surface area contributed by atoms with Crippen molar-refractivity contribution in [3.63, 3.8) is 0 Å². The first kappa shape index (κ1) is 32.1. The lowest BCUT2D eigenvalue weighted by molar-refractivity contribution is 0.0540. The molecule has 0 saturated heterocycles. The second kappa shape index (κ2) is 13.1. The molecule has 0 unspecified atom stereocenters. The number of amides is 2. The number of carbonyl (C=O) groups is 2. The number of halogens is 2. The second-order valence-electron chi connectivity index (χ2n) is 12.6. The van der Waals surface area contributed by atoms with Gasteiger partial charge in [-0.1, -0.05) is 63.2 Å². The highest BCUT2D eigenvalue weighted by Crippen LogP contribution is 2.33. The highest BCUT2D eigenvalue weighted by Gasteiger charge is 2.31. The smallest absolute Gasteiger partial charge is 0.410 e. The monoisotopic (exact) mass is 658 g/mol. The van der Waals surface area contributed by atoms with Crippen LogP contribution in [0.1, 0.15) is 65.5 Å². The Labute approximate surface area is 275 Å². The van der Waals surface area contributed by atoms with Crippen molar-refractivity contribution in [1.82, 2.24) is 19.4 Å². The van der Waals surface area contributed by atoms with Crippen LogP contribution in [0.3, 0.4) is 0 Å². The van der Waals surface area contributed by atoms with E-state index in [4.69, 9.17) is 9.72 Å². The van der Waals surface area contributed by atoms with Gasteiger partial charge in [-0.2, -0.15) is 0 Å². The molecule has 2 aromatic heterocycles. The third-order valence-electron chi connectivity index (χ3n) is 8.45. The highest BCUT2D eigenvalue weighted by atomic mass is 32.1. The van der Waals surface area contributed by atoms with Crippen molar-refractivity contribution in [2.45, 2.75) is 59.7 Å². The van der Waals surface area contributed by atoms with Gasteiger partial charge in [0, 0.05) is 24.8 Å². The molecule has 1 aliphatic heterocycles. The predicted molar refractivity (Wildman–Crippen MR) is 179 cm³/mol. The van der Waals surface area contributed by atoms with Crippen LogP contribution >= 0.6 is 11.3 Å². The Morgan fingerprint density at radius 3 is 2.60 bits per heavy atom. The summed E-state index contributed by atoms with van der Waals surface area (Å²) < 4.78 is 33.9. The molecule has 0 spiro atoms. The van der Waals surface area contributed by atoms with Crippen molar-refractivity contribution < 1.29 is 23.1 Å². The van der Waals surface area contributed by atoms with Gasteiger partial charge in [0.2, 0.25) is 5.95 Å². The summed E-state index contributed by atoms with van der Waals surface area (Å²) in [6.45, 7) is 9.51. The summed E-state index contributed by atoms with van der Waals surface area (Å²) in [5.74, 6) is -0.355. The Bertz CT molecular complexity index is 1920. The first-order chi connectivity index (χ1) is 22.5. The zero-order valence-corrected chi connectivity index (χ0v) is 27.4. The second-order valence-corrected chi connectivity index (χ2v) is 13.7. The van der Waals surface area contributed by atoms with Gasteiger partial charge in [-0.25, -0.2) is 23.5 Å². The van der Waals surface area contributed by atoms with E-state index in [2.05, 4.69) is 36.4 Å². The average Bonchev–Trinajstić information content (AvgIpc) is 3.80. The molecule has 12 heteroatoms. The third kappa shape index (κ3) is 6.97. The number of thiazole rings is 1. The van der Waals surface area contributed by atoms with Gasteiger partial charge >= 0.3 is 6.09 Å². The minimum Gasteiger partial charge on any atom is -0.445 e. The van der Waals surface area contributed by atoms with Gasteiger partial charge in [0.15, 0.2) is 5.01 Å². The number of hydrogen-bond acceptors (Lipinski definition) is 7. The van der Waals surface area contributed by atoms with E-state index in [1.54, 1.807) is 4.90 Å².